The fourth-order valence-electron chi connectivity index (χ4n) is 4.26. The lowest BCUT2D eigenvalue weighted by Crippen LogP contribution is -2.55. The Hall–Kier alpha value is -2.57. The molecule has 1 atom stereocenters. The number of nitrogens with one attached hydrogen (secondary N) is 1. The smallest absolute Gasteiger partial charge is 0.325 e. The van der Waals surface area contributed by atoms with E-state index in [1.54, 1.807) is 4.90 Å². The Morgan fingerprint density at radius 2 is 1.89 bits per heavy atom. The van der Waals surface area contributed by atoms with Gasteiger partial charge in [0.15, 0.2) is 0 Å². The average Bonchev–Trinajstić information content (AvgIpc) is 2.70. The summed E-state index contributed by atoms with van der Waals surface area (Å²) in [6.45, 7) is 1.85. The summed E-state index contributed by atoms with van der Waals surface area (Å²) in [7, 11) is 3.16. The molecule has 1 spiro atoms. The lowest BCUT2D eigenvalue weighted by Gasteiger charge is -2.49. The van der Waals surface area contributed by atoms with E-state index in [-0.39, 0.29) is 29.8 Å². The van der Waals surface area contributed by atoms with Crippen LogP contribution in [-0.2, 0) is 14.3 Å². The van der Waals surface area contributed by atoms with Crippen LogP contribution in [0.15, 0.2) is 30.3 Å². The predicted molar refractivity (Wildman–Crippen MR) is 100 cm³/mol. The number of ether oxygens (including phenoxy) is 1. The number of piperidine rings is 2. The van der Waals surface area contributed by atoms with Crippen LogP contribution in [0.3, 0.4) is 0 Å². The summed E-state index contributed by atoms with van der Waals surface area (Å²) in [6, 6.07) is 9.70. The van der Waals surface area contributed by atoms with Crippen molar-refractivity contribution in [3.63, 3.8) is 0 Å². The Kier molecular flexibility index (Phi) is 5.68. The SMILES string of the molecule is COC(=O)CNC(=O)N1CCC2(CC1)C[C@H](c1ccccc1)C(=O)N(C)C2. The molecular formula is C20H27N3O4. The molecule has 2 aliphatic rings. The van der Waals surface area contributed by atoms with E-state index in [4.69, 9.17) is 0 Å². The molecule has 0 aromatic heterocycles. The molecule has 0 saturated carbocycles. The summed E-state index contributed by atoms with van der Waals surface area (Å²) in [5.41, 5.74) is 1.09. The van der Waals surface area contributed by atoms with Gasteiger partial charge in [-0.15, -0.1) is 0 Å². The maximum absolute atomic E-state index is 12.7. The molecule has 146 valence electrons. The number of esters is 1. The van der Waals surface area contributed by atoms with E-state index >= 15 is 0 Å². The number of nitrogens with zero attached hydrogens (tertiary/aromatic N) is 2. The molecule has 0 radical (unpaired) electrons. The minimum Gasteiger partial charge on any atom is -0.468 e. The molecule has 1 aromatic carbocycles. The number of hydrogen-bond donors (Lipinski definition) is 1. The Balaban J connectivity index is 1.63. The van der Waals surface area contributed by atoms with Gasteiger partial charge in [0.05, 0.1) is 13.0 Å². The number of carbonyl (C=O) groups is 3. The van der Waals surface area contributed by atoms with E-state index in [0.717, 1.165) is 31.4 Å². The standard InChI is InChI=1S/C20H27N3O4/c1-22-14-20(12-16(18(22)25)15-6-4-3-5-7-15)8-10-23(11-9-20)19(26)21-13-17(24)27-2/h3-7,16H,8-14H2,1-2H3,(H,21,26)/t16-/m1/s1. The number of benzene rings is 1. The molecule has 0 aliphatic carbocycles. The largest absolute Gasteiger partial charge is 0.468 e. The zero-order chi connectivity index (χ0) is 19.4. The highest BCUT2D eigenvalue weighted by atomic mass is 16.5. The zero-order valence-corrected chi connectivity index (χ0v) is 15.9. The number of likely N-dealkylation sites (tertiary alicyclic amines) is 2. The summed E-state index contributed by atoms with van der Waals surface area (Å²) in [4.78, 5) is 39.7. The molecule has 2 saturated heterocycles. The van der Waals surface area contributed by atoms with Gasteiger partial charge in [0.2, 0.25) is 5.91 Å². The van der Waals surface area contributed by atoms with Crippen LogP contribution in [0.5, 0.6) is 0 Å². The maximum Gasteiger partial charge on any atom is 0.325 e. The first-order chi connectivity index (χ1) is 12.9. The van der Waals surface area contributed by atoms with Gasteiger partial charge in [-0.2, -0.15) is 0 Å². The van der Waals surface area contributed by atoms with E-state index < -0.39 is 5.97 Å². The second-order valence-corrected chi connectivity index (χ2v) is 7.58. The Morgan fingerprint density at radius 3 is 2.52 bits per heavy atom. The Morgan fingerprint density at radius 1 is 1.22 bits per heavy atom. The van der Waals surface area contributed by atoms with Crippen molar-refractivity contribution in [2.45, 2.75) is 25.2 Å². The van der Waals surface area contributed by atoms with E-state index in [1.807, 2.05) is 42.3 Å². The summed E-state index contributed by atoms with van der Waals surface area (Å²) in [6.07, 6.45) is 2.51. The molecule has 2 heterocycles. The molecular weight excluding hydrogens is 346 g/mol. The second-order valence-electron chi connectivity index (χ2n) is 7.58. The van der Waals surface area contributed by atoms with Crippen molar-refractivity contribution in [1.29, 1.82) is 0 Å². The number of likely N-dealkylation sites (N-methyl/N-ethyl adjacent to an activating group) is 1. The fraction of sp³-hybridized carbons (Fsp3) is 0.550. The first kappa shape index (κ1) is 19.2. The molecule has 0 unspecified atom stereocenters. The first-order valence-electron chi connectivity index (χ1n) is 9.34. The molecule has 7 heteroatoms. The van der Waals surface area contributed by atoms with E-state index in [2.05, 4.69) is 10.1 Å². The quantitative estimate of drug-likeness (QED) is 0.817. The third-order valence-electron chi connectivity index (χ3n) is 5.81. The average molecular weight is 373 g/mol. The van der Waals surface area contributed by atoms with Gasteiger partial charge in [-0.1, -0.05) is 30.3 Å². The van der Waals surface area contributed by atoms with Crippen LogP contribution in [0.2, 0.25) is 0 Å². The van der Waals surface area contributed by atoms with Crippen LogP contribution in [-0.4, -0.2) is 68.0 Å². The van der Waals surface area contributed by atoms with Gasteiger partial charge in [0, 0.05) is 26.7 Å². The van der Waals surface area contributed by atoms with Crippen molar-refractivity contribution in [3.8, 4) is 0 Å². The predicted octanol–water partition coefficient (Wildman–Crippen LogP) is 1.60. The number of hydrogen-bond acceptors (Lipinski definition) is 4. The van der Waals surface area contributed by atoms with E-state index in [1.165, 1.54) is 7.11 Å². The summed E-state index contributed by atoms with van der Waals surface area (Å²) >= 11 is 0. The van der Waals surface area contributed by atoms with Crippen molar-refractivity contribution in [2.24, 2.45) is 5.41 Å². The molecule has 3 rings (SSSR count). The van der Waals surface area contributed by atoms with Crippen molar-refractivity contribution in [3.05, 3.63) is 35.9 Å². The number of carbonyl (C=O) groups excluding carboxylic acids is 3. The van der Waals surface area contributed by atoms with Gasteiger partial charge in [0.1, 0.15) is 6.54 Å². The number of urea groups is 1. The molecule has 2 fully saturated rings. The highest BCUT2D eigenvalue weighted by Crippen LogP contribution is 2.45. The van der Waals surface area contributed by atoms with Crippen LogP contribution >= 0.6 is 0 Å². The summed E-state index contributed by atoms with van der Waals surface area (Å²) in [5.74, 6) is -0.412. The van der Waals surface area contributed by atoms with E-state index in [9.17, 15) is 14.4 Å². The number of rotatable bonds is 3. The molecule has 1 aromatic rings. The Labute approximate surface area is 159 Å². The van der Waals surface area contributed by atoms with Gasteiger partial charge >= 0.3 is 12.0 Å². The lowest BCUT2D eigenvalue weighted by atomic mass is 9.68. The van der Waals surface area contributed by atoms with Crippen LogP contribution < -0.4 is 5.32 Å². The minimum absolute atomic E-state index is 0.0301. The third kappa shape index (κ3) is 4.23. The fourth-order valence-corrected chi connectivity index (χ4v) is 4.26. The van der Waals surface area contributed by atoms with Crippen LogP contribution in [0.4, 0.5) is 4.79 Å². The summed E-state index contributed by atoms with van der Waals surface area (Å²) in [5, 5.41) is 2.59. The summed E-state index contributed by atoms with van der Waals surface area (Å²) < 4.78 is 4.54. The zero-order valence-electron chi connectivity index (χ0n) is 15.9. The van der Waals surface area contributed by atoms with Crippen molar-refractivity contribution >= 4 is 17.9 Å². The van der Waals surface area contributed by atoms with Crippen molar-refractivity contribution in [1.82, 2.24) is 15.1 Å². The second kappa shape index (κ2) is 7.98. The van der Waals surface area contributed by atoms with Gasteiger partial charge in [-0.05, 0) is 30.2 Å². The molecule has 3 amide bonds. The van der Waals surface area contributed by atoms with Crippen molar-refractivity contribution in [2.75, 3.05) is 40.3 Å². The molecule has 0 bridgehead atoms. The van der Waals surface area contributed by atoms with Crippen LogP contribution in [0.1, 0.15) is 30.7 Å². The molecule has 27 heavy (non-hydrogen) atoms. The van der Waals surface area contributed by atoms with Gasteiger partial charge in [0.25, 0.3) is 0 Å². The molecule has 7 nitrogen and oxygen atoms in total. The van der Waals surface area contributed by atoms with Gasteiger partial charge in [-0.3, -0.25) is 9.59 Å². The molecule has 1 N–H and O–H groups in total. The first-order valence-corrected chi connectivity index (χ1v) is 9.34. The topological polar surface area (TPSA) is 79.0 Å². The normalized spacial score (nSPS) is 21.9. The minimum atomic E-state index is -0.463. The molecule has 2 aliphatic heterocycles. The lowest BCUT2D eigenvalue weighted by molar-refractivity contribution is -0.139. The monoisotopic (exact) mass is 373 g/mol. The van der Waals surface area contributed by atoms with Crippen LogP contribution in [0.25, 0.3) is 0 Å². The van der Waals surface area contributed by atoms with Crippen LogP contribution in [0, 0.1) is 5.41 Å². The highest BCUT2D eigenvalue weighted by molar-refractivity contribution is 5.84. The van der Waals surface area contributed by atoms with Crippen molar-refractivity contribution < 1.29 is 19.1 Å². The number of methoxy groups -OCH3 is 1. The maximum atomic E-state index is 12.7. The van der Waals surface area contributed by atoms with Gasteiger partial charge in [-0.25, -0.2) is 4.79 Å². The number of amides is 3. The third-order valence-corrected chi connectivity index (χ3v) is 5.81. The van der Waals surface area contributed by atoms with E-state index in [0.29, 0.717) is 13.1 Å². The Bertz CT molecular complexity index is 698. The highest BCUT2D eigenvalue weighted by Gasteiger charge is 2.45. The van der Waals surface area contributed by atoms with Gasteiger partial charge < -0.3 is 19.9 Å².